The number of carbonyl (C=O) groups is 2. The lowest BCUT2D eigenvalue weighted by Gasteiger charge is -2.35. The Morgan fingerprint density at radius 1 is 1.00 bits per heavy atom. The maximum absolute atomic E-state index is 12.8. The predicted octanol–water partition coefficient (Wildman–Crippen LogP) is 3.46. The minimum atomic E-state index is -0.0301. The molecule has 2 heterocycles. The minimum Gasteiger partial charge on any atom is -0.486 e. The number of benzene rings is 1. The van der Waals surface area contributed by atoms with Crippen LogP contribution in [0.15, 0.2) is 18.2 Å². The second-order valence-corrected chi connectivity index (χ2v) is 8.43. The van der Waals surface area contributed by atoms with Gasteiger partial charge < -0.3 is 19.7 Å². The number of carbonyl (C=O) groups excluding carboxylic acids is 2. The summed E-state index contributed by atoms with van der Waals surface area (Å²) < 4.78 is 11.1. The Balaban J connectivity index is 1.28. The number of nitrogens with zero attached hydrogens (tertiary/aromatic N) is 1. The minimum absolute atomic E-state index is 0.0301. The molecule has 4 rings (SSSR count). The fourth-order valence-corrected chi connectivity index (χ4v) is 4.62. The monoisotopic (exact) mass is 386 g/mol. The first-order valence-electron chi connectivity index (χ1n) is 10.6. The third-order valence-electron chi connectivity index (χ3n) is 6.23. The average molecular weight is 386 g/mol. The van der Waals surface area contributed by atoms with Crippen molar-refractivity contribution in [3.8, 4) is 11.5 Å². The lowest BCUT2D eigenvalue weighted by molar-refractivity contribution is -0.139. The summed E-state index contributed by atoms with van der Waals surface area (Å²) in [6.07, 6.45) is 5.50. The molecule has 6 heteroatoms. The van der Waals surface area contributed by atoms with Gasteiger partial charge in [-0.3, -0.25) is 9.59 Å². The van der Waals surface area contributed by atoms with Crippen LogP contribution in [0.1, 0.15) is 45.4 Å². The highest BCUT2D eigenvalue weighted by atomic mass is 16.6. The van der Waals surface area contributed by atoms with E-state index >= 15 is 0 Å². The third-order valence-corrected chi connectivity index (χ3v) is 6.23. The molecule has 1 unspecified atom stereocenters. The van der Waals surface area contributed by atoms with E-state index in [0.29, 0.717) is 30.8 Å². The van der Waals surface area contributed by atoms with Crippen molar-refractivity contribution in [1.82, 2.24) is 4.90 Å². The van der Waals surface area contributed by atoms with Crippen LogP contribution < -0.4 is 14.8 Å². The van der Waals surface area contributed by atoms with Crippen LogP contribution in [-0.4, -0.2) is 43.0 Å². The van der Waals surface area contributed by atoms with E-state index in [1.165, 1.54) is 6.42 Å². The molecule has 0 aromatic heterocycles. The second kappa shape index (κ2) is 8.41. The number of piperidine rings is 1. The lowest BCUT2D eigenvalue weighted by Crippen LogP contribution is -2.43. The summed E-state index contributed by atoms with van der Waals surface area (Å²) in [7, 11) is 0. The van der Waals surface area contributed by atoms with E-state index in [4.69, 9.17) is 9.47 Å². The molecular formula is C22H30N2O4. The molecule has 6 nitrogen and oxygen atoms in total. The van der Waals surface area contributed by atoms with Gasteiger partial charge in [0.15, 0.2) is 11.5 Å². The van der Waals surface area contributed by atoms with E-state index in [1.54, 1.807) is 0 Å². The fourth-order valence-electron chi connectivity index (χ4n) is 4.62. The van der Waals surface area contributed by atoms with E-state index in [-0.39, 0.29) is 17.7 Å². The lowest BCUT2D eigenvalue weighted by atomic mass is 9.80. The van der Waals surface area contributed by atoms with Crippen LogP contribution in [0.2, 0.25) is 0 Å². The second-order valence-electron chi connectivity index (χ2n) is 8.43. The van der Waals surface area contributed by atoms with Crippen LogP contribution in [0.25, 0.3) is 0 Å². The molecule has 1 saturated carbocycles. The Bertz CT molecular complexity index is 727. The van der Waals surface area contributed by atoms with Gasteiger partial charge in [0.05, 0.1) is 0 Å². The molecule has 3 aliphatic rings. The van der Waals surface area contributed by atoms with E-state index in [9.17, 15) is 9.59 Å². The van der Waals surface area contributed by atoms with Gasteiger partial charge >= 0.3 is 0 Å². The molecule has 1 aromatic carbocycles. The molecule has 1 aliphatic carbocycles. The third kappa shape index (κ3) is 4.26. The highest BCUT2D eigenvalue weighted by Crippen LogP contribution is 2.34. The maximum Gasteiger partial charge on any atom is 0.227 e. The van der Waals surface area contributed by atoms with Gasteiger partial charge in [-0.1, -0.05) is 6.92 Å². The number of amides is 2. The summed E-state index contributed by atoms with van der Waals surface area (Å²) in [5.74, 6) is 2.39. The van der Waals surface area contributed by atoms with Crippen LogP contribution >= 0.6 is 0 Å². The molecule has 1 aromatic rings. The molecule has 1 N–H and O–H groups in total. The Hall–Kier alpha value is -2.24. The highest BCUT2D eigenvalue weighted by molar-refractivity contribution is 5.93. The van der Waals surface area contributed by atoms with Crippen molar-refractivity contribution in [1.29, 1.82) is 0 Å². The zero-order chi connectivity index (χ0) is 19.5. The molecule has 2 amide bonds. The number of anilines is 1. The van der Waals surface area contributed by atoms with Crippen LogP contribution in [0.3, 0.4) is 0 Å². The molecule has 152 valence electrons. The number of fused-ring (bicyclic) bond motifs is 1. The predicted molar refractivity (Wildman–Crippen MR) is 106 cm³/mol. The van der Waals surface area contributed by atoms with Crippen LogP contribution in [0.5, 0.6) is 11.5 Å². The van der Waals surface area contributed by atoms with E-state index in [1.807, 2.05) is 18.2 Å². The van der Waals surface area contributed by atoms with Crippen molar-refractivity contribution < 1.29 is 19.1 Å². The van der Waals surface area contributed by atoms with Crippen LogP contribution in [-0.2, 0) is 9.59 Å². The standard InChI is InChI=1S/C22H30N2O4/c1-15-3-2-10-24(14-15)22(26)17-6-4-16(5-7-17)21(25)23-18-8-9-19-20(13-18)28-12-11-27-19/h8-9,13,15-17H,2-7,10-12,14H2,1H3,(H,23,25). The molecule has 0 spiro atoms. The Morgan fingerprint density at radius 3 is 2.46 bits per heavy atom. The van der Waals surface area contributed by atoms with Crippen LogP contribution in [0.4, 0.5) is 5.69 Å². The molecule has 0 bridgehead atoms. The smallest absolute Gasteiger partial charge is 0.227 e. The number of hydrogen-bond donors (Lipinski definition) is 1. The van der Waals surface area contributed by atoms with Crippen molar-refractivity contribution >= 4 is 17.5 Å². The molecule has 1 atom stereocenters. The maximum atomic E-state index is 12.8. The fraction of sp³-hybridized carbons (Fsp3) is 0.636. The Morgan fingerprint density at radius 2 is 1.71 bits per heavy atom. The summed E-state index contributed by atoms with van der Waals surface area (Å²) in [6, 6.07) is 5.50. The molecule has 0 radical (unpaired) electrons. The number of nitrogens with one attached hydrogen (secondary N) is 1. The van der Waals surface area contributed by atoms with Crippen LogP contribution in [0, 0.1) is 17.8 Å². The summed E-state index contributed by atoms with van der Waals surface area (Å²) >= 11 is 0. The SMILES string of the molecule is CC1CCCN(C(=O)C2CCC(C(=O)Nc3ccc4c(c3)OCCO4)CC2)C1. The zero-order valence-corrected chi connectivity index (χ0v) is 16.6. The van der Waals surface area contributed by atoms with Gasteiger partial charge in [-0.15, -0.1) is 0 Å². The zero-order valence-electron chi connectivity index (χ0n) is 16.6. The summed E-state index contributed by atoms with van der Waals surface area (Å²) in [4.78, 5) is 27.5. The molecular weight excluding hydrogens is 356 g/mol. The highest BCUT2D eigenvalue weighted by Gasteiger charge is 2.33. The average Bonchev–Trinajstić information content (AvgIpc) is 2.73. The Labute approximate surface area is 166 Å². The molecule has 2 fully saturated rings. The summed E-state index contributed by atoms with van der Waals surface area (Å²) in [5.41, 5.74) is 0.731. The summed E-state index contributed by atoms with van der Waals surface area (Å²) in [6.45, 7) is 5.09. The first-order chi connectivity index (χ1) is 13.6. The quantitative estimate of drug-likeness (QED) is 0.864. The van der Waals surface area contributed by atoms with Gasteiger partial charge in [0, 0.05) is 36.7 Å². The van der Waals surface area contributed by atoms with Gasteiger partial charge in [-0.25, -0.2) is 0 Å². The van der Waals surface area contributed by atoms with Gasteiger partial charge in [0.25, 0.3) is 0 Å². The normalized spacial score (nSPS) is 27.2. The first-order valence-corrected chi connectivity index (χ1v) is 10.6. The molecule has 28 heavy (non-hydrogen) atoms. The van der Waals surface area contributed by atoms with Crippen molar-refractivity contribution in [2.45, 2.75) is 45.4 Å². The summed E-state index contributed by atoms with van der Waals surface area (Å²) in [5, 5.41) is 3.01. The largest absolute Gasteiger partial charge is 0.486 e. The number of hydrogen-bond acceptors (Lipinski definition) is 4. The van der Waals surface area contributed by atoms with Gasteiger partial charge in [0.2, 0.25) is 11.8 Å². The van der Waals surface area contributed by atoms with E-state index in [2.05, 4.69) is 17.1 Å². The van der Waals surface area contributed by atoms with E-state index in [0.717, 1.165) is 56.6 Å². The molecule has 2 aliphatic heterocycles. The van der Waals surface area contributed by atoms with Crippen molar-refractivity contribution in [2.75, 3.05) is 31.6 Å². The molecule has 1 saturated heterocycles. The Kier molecular flexibility index (Phi) is 5.74. The van der Waals surface area contributed by atoms with Crippen molar-refractivity contribution in [3.05, 3.63) is 18.2 Å². The number of ether oxygens (including phenoxy) is 2. The van der Waals surface area contributed by atoms with Gasteiger partial charge in [0.1, 0.15) is 13.2 Å². The topological polar surface area (TPSA) is 67.9 Å². The van der Waals surface area contributed by atoms with Gasteiger partial charge in [-0.2, -0.15) is 0 Å². The van der Waals surface area contributed by atoms with Crippen molar-refractivity contribution in [3.63, 3.8) is 0 Å². The number of rotatable bonds is 3. The number of likely N-dealkylation sites (tertiary alicyclic amines) is 1. The van der Waals surface area contributed by atoms with E-state index < -0.39 is 0 Å². The first kappa shape index (κ1) is 19.1. The van der Waals surface area contributed by atoms with Gasteiger partial charge in [-0.05, 0) is 56.6 Å². The van der Waals surface area contributed by atoms with Crippen molar-refractivity contribution in [2.24, 2.45) is 17.8 Å².